The topological polar surface area (TPSA) is 344 Å². The van der Waals surface area contributed by atoms with Gasteiger partial charge in [-0.3, -0.25) is 14.4 Å². The number of aryl methyl sites for hydroxylation is 1. The number of hydrogen-bond acceptors (Lipinski definition) is 25. The van der Waals surface area contributed by atoms with Crippen molar-refractivity contribution in [3.8, 4) is 23.3 Å². The first-order valence-electron chi connectivity index (χ1n) is 28.1. The number of nitrogens with zero attached hydrogens (tertiary/aromatic N) is 9. The van der Waals surface area contributed by atoms with Crippen molar-refractivity contribution in [2.24, 2.45) is 0 Å². The molecule has 10 aromatic rings. The van der Waals surface area contributed by atoms with Crippen molar-refractivity contribution in [3.05, 3.63) is 216 Å². The van der Waals surface area contributed by atoms with Gasteiger partial charge in [0.1, 0.15) is 49.6 Å². The number of alkyl halides is 3. The molecule has 0 fully saturated rings. The molecule has 0 amide bonds. The molecular weight excluding hydrogens is 1260 g/mol. The lowest BCUT2D eigenvalue weighted by Crippen LogP contribution is -2.35. The second-order valence-electron chi connectivity index (χ2n) is 19.1. The number of aromatic nitrogens is 9. The van der Waals surface area contributed by atoms with Crippen LogP contribution in [0.2, 0.25) is 0 Å². The van der Waals surface area contributed by atoms with Crippen molar-refractivity contribution in [2.45, 2.75) is 59.6 Å². The first-order chi connectivity index (χ1) is 45.2. The van der Waals surface area contributed by atoms with E-state index in [1.54, 1.807) is 51.1 Å². The molecule has 0 aliphatic heterocycles. The Labute approximate surface area is 530 Å². The standard InChI is InChI=1S/C25H24N4O4.C19H16F3N3O8S.C18H17N3O6/c1-3-32-25(31)21-22(26-14-18-10-6-4-7-11-18)20-17(2)27-16-28-23(20)29(24(21)30)33-15-19-12-8-5-9-13-19;1-3-31-18(27)13-14(33-34(28,29)19(20,21)22)12-15(23-10-24-16(12)30-2)25(17(13)26)32-9-11-7-5-4-6-8-11;1-3-26-18(24)13-14(22)12-15(19-10-20-16(12)25-2)21(17(13)23)27-9-11-7-5-4-6-8-11/h4-13,16,26H,3,14-15H2,1-2H3;4-8,10H,3,9H2,1-2H3;4-8,10,22H,3,9H2,1-2H3. The Morgan fingerprint density at radius 3 is 1.30 bits per heavy atom. The van der Waals surface area contributed by atoms with Crippen LogP contribution in [0.5, 0.6) is 23.3 Å². The second-order valence-corrected chi connectivity index (χ2v) is 20.6. The van der Waals surface area contributed by atoms with Gasteiger partial charge in [0.15, 0.2) is 45.1 Å². The Bertz CT molecular complexity index is 4670. The normalized spacial score (nSPS) is 11.1. The number of halogens is 3. The van der Waals surface area contributed by atoms with E-state index in [9.17, 15) is 55.5 Å². The molecule has 28 nitrogen and oxygen atoms in total. The lowest BCUT2D eigenvalue weighted by molar-refractivity contribution is -0.0500. The number of nitrogens with one attached hydrogen (secondary N) is 1. The summed E-state index contributed by atoms with van der Waals surface area (Å²) in [5.74, 6) is -5.63. The molecule has 0 bridgehead atoms. The van der Waals surface area contributed by atoms with Gasteiger partial charge < -0.3 is 52.8 Å². The van der Waals surface area contributed by atoms with E-state index in [0.717, 1.165) is 45.9 Å². The Balaban J connectivity index is 0.000000182. The van der Waals surface area contributed by atoms with Gasteiger partial charge in [-0.25, -0.2) is 44.3 Å². The van der Waals surface area contributed by atoms with Gasteiger partial charge in [0.2, 0.25) is 11.8 Å². The van der Waals surface area contributed by atoms with Crippen LogP contribution in [-0.2, 0) is 50.7 Å². The zero-order chi connectivity index (χ0) is 67.7. The number of methoxy groups -OCH3 is 2. The third-order valence-corrected chi connectivity index (χ3v) is 14.0. The van der Waals surface area contributed by atoms with Gasteiger partial charge in [0, 0.05) is 6.54 Å². The van der Waals surface area contributed by atoms with Gasteiger partial charge in [-0.2, -0.15) is 21.6 Å². The van der Waals surface area contributed by atoms with Gasteiger partial charge in [0.25, 0.3) is 0 Å². The van der Waals surface area contributed by atoms with Crippen molar-refractivity contribution >= 4 is 66.8 Å². The molecule has 490 valence electrons. The van der Waals surface area contributed by atoms with Crippen LogP contribution in [0.25, 0.3) is 33.1 Å². The number of benzene rings is 4. The van der Waals surface area contributed by atoms with E-state index in [2.05, 4.69) is 39.4 Å². The first kappa shape index (κ1) is 68.2. The lowest BCUT2D eigenvalue weighted by Gasteiger charge is -2.18. The minimum atomic E-state index is -6.33. The number of aromatic hydroxyl groups is 1. The number of anilines is 1. The van der Waals surface area contributed by atoms with Crippen LogP contribution in [0.4, 0.5) is 18.9 Å². The fourth-order valence-corrected chi connectivity index (χ4v) is 9.27. The average molecular weight is 1320 g/mol. The smallest absolute Gasteiger partial charge is 0.506 e. The van der Waals surface area contributed by atoms with Gasteiger partial charge in [0.05, 0.1) is 50.8 Å². The molecule has 0 saturated carbocycles. The van der Waals surface area contributed by atoms with Crippen LogP contribution in [-0.4, -0.2) is 115 Å². The Kier molecular flexibility index (Phi) is 22.4. The highest BCUT2D eigenvalue weighted by molar-refractivity contribution is 7.88. The van der Waals surface area contributed by atoms with Crippen molar-refractivity contribution in [3.63, 3.8) is 0 Å². The third kappa shape index (κ3) is 15.4. The van der Waals surface area contributed by atoms with Crippen LogP contribution in [0, 0.1) is 6.92 Å². The largest absolute Gasteiger partial charge is 0.534 e. The maximum absolute atomic E-state index is 13.5. The molecule has 32 heteroatoms. The van der Waals surface area contributed by atoms with E-state index >= 15 is 0 Å². The summed E-state index contributed by atoms with van der Waals surface area (Å²) in [6.07, 6.45) is 3.41. The monoisotopic (exact) mass is 1320 g/mol. The maximum Gasteiger partial charge on any atom is 0.534 e. The molecule has 4 aromatic carbocycles. The van der Waals surface area contributed by atoms with Gasteiger partial charge in [-0.05, 0) is 49.9 Å². The number of carbonyl (C=O) groups is 3. The summed E-state index contributed by atoms with van der Waals surface area (Å²) in [7, 11) is -3.93. The molecule has 6 heterocycles. The number of esters is 3. The number of ether oxygens (including phenoxy) is 5. The molecule has 10 rings (SSSR count). The predicted molar refractivity (Wildman–Crippen MR) is 328 cm³/mol. The molecule has 0 unspecified atom stereocenters. The van der Waals surface area contributed by atoms with E-state index in [1.807, 2.05) is 91.0 Å². The van der Waals surface area contributed by atoms with Gasteiger partial charge >= 0.3 is 50.2 Å². The van der Waals surface area contributed by atoms with Crippen LogP contribution < -0.4 is 50.2 Å². The fraction of sp³-hybridized carbons (Fsp3) is 0.226. The van der Waals surface area contributed by atoms with Crippen LogP contribution in [0.3, 0.4) is 0 Å². The van der Waals surface area contributed by atoms with Crippen molar-refractivity contribution in [1.82, 2.24) is 44.1 Å². The molecule has 0 saturated heterocycles. The van der Waals surface area contributed by atoms with E-state index < -0.39 is 89.8 Å². The van der Waals surface area contributed by atoms with Gasteiger partial charge in [-0.1, -0.05) is 121 Å². The fourth-order valence-electron chi connectivity index (χ4n) is 8.79. The minimum Gasteiger partial charge on any atom is -0.506 e. The third-order valence-electron chi connectivity index (χ3n) is 13.0. The Morgan fingerprint density at radius 1 is 0.511 bits per heavy atom. The summed E-state index contributed by atoms with van der Waals surface area (Å²) < 4.78 is 94.4. The van der Waals surface area contributed by atoms with Crippen LogP contribution >= 0.6 is 0 Å². The van der Waals surface area contributed by atoms with Crippen molar-refractivity contribution in [1.29, 1.82) is 0 Å². The van der Waals surface area contributed by atoms with Crippen molar-refractivity contribution in [2.75, 3.05) is 39.4 Å². The van der Waals surface area contributed by atoms with Crippen LogP contribution in [0.1, 0.15) is 79.8 Å². The molecule has 0 atom stereocenters. The summed E-state index contributed by atoms with van der Waals surface area (Å²) in [6.45, 7) is 6.61. The number of hydrogen-bond donors (Lipinski definition) is 2. The highest BCUT2D eigenvalue weighted by Crippen LogP contribution is 2.37. The Hall–Kier alpha value is -11.7. The van der Waals surface area contributed by atoms with Crippen LogP contribution in [0.15, 0.2) is 155 Å². The highest BCUT2D eigenvalue weighted by Gasteiger charge is 2.50. The zero-order valence-corrected chi connectivity index (χ0v) is 51.5. The summed E-state index contributed by atoms with van der Waals surface area (Å²) in [4.78, 5) is 118. The molecule has 0 aliphatic rings. The molecule has 0 spiro atoms. The van der Waals surface area contributed by atoms with E-state index in [0.29, 0.717) is 33.6 Å². The number of pyridine rings is 3. The number of rotatable bonds is 22. The quantitative estimate of drug-likeness (QED) is 0.0310. The van der Waals surface area contributed by atoms with Gasteiger partial charge in [-0.15, -0.1) is 14.2 Å². The average Bonchev–Trinajstić information content (AvgIpc) is 0.761. The summed E-state index contributed by atoms with van der Waals surface area (Å²) in [6, 6.07) is 36.6. The van der Waals surface area contributed by atoms with E-state index in [-0.39, 0.29) is 67.8 Å². The number of fused-ring (bicyclic) bond motifs is 3. The molecule has 0 aliphatic carbocycles. The summed E-state index contributed by atoms with van der Waals surface area (Å²) in [5, 5.41) is 13.6. The highest BCUT2D eigenvalue weighted by atomic mass is 32.2. The summed E-state index contributed by atoms with van der Waals surface area (Å²) in [5.41, 5.74) is -6.85. The molecule has 6 aromatic heterocycles. The first-order valence-corrected chi connectivity index (χ1v) is 29.5. The molecule has 94 heavy (non-hydrogen) atoms. The SMILES string of the molecule is CCOC(=O)c1c(NCc2ccccc2)c2c(C)ncnc2n(OCc2ccccc2)c1=O.CCOC(=O)c1c(O)c2c(OC)ncnc2n(OCc2ccccc2)c1=O.CCOC(=O)c1c(OS(=O)(=O)C(F)(F)F)c2c(OC)ncnc2n(OCc2ccccc2)c1=O. The second kappa shape index (κ2) is 30.9. The lowest BCUT2D eigenvalue weighted by atomic mass is 10.1. The zero-order valence-electron chi connectivity index (χ0n) is 50.7. The maximum atomic E-state index is 13.5. The summed E-state index contributed by atoms with van der Waals surface area (Å²) >= 11 is 0. The Morgan fingerprint density at radius 2 is 0.872 bits per heavy atom. The van der Waals surface area contributed by atoms with E-state index in [1.165, 1.54) is 20.4 Å². The van der Waals surface area contributed by atoms with Crippen molar-refractivity contribution < 1.29 is 83.5 Å². The molecular formula is C62H57F3N10O18S. The minimum absolute atomic E-state index is 0.0138. The van der Waals surface area contributed by atoms with E-state index in [4.69, 9.17) is 38.2 Å². The number of carbonyl (C=O) groups excluding carboxylic acids is 3. The molecule has 0 radical (unpaired) electrons. The predicted octanol–water partition coefficient (Wildman–Crippen LogP) is 6.66. The molecule has 2 N–H and O–H groups in total.